The van der Waals surface area contributed by atoms with Gasteiger partial charge in [-0.3, -0.25) is 0 Å². The molecule has 0 aliphatic heterocycles. The van der Waals surface area contributed by atoms with E-state index < -0.39 is 0 Å². The number of hydrogen-bond acceptors (Lipinski definition) is 2. The number of esters is 1. The van der Waals surface area contributed by atoms with Crippen LogP contribution in [0.15, 0.2) is 48.2 Å². The number of benzene rings is 1. The van der Waals surface area contributed by atoms with Crippen LogP contribution in [0, 0.1) is 0 Å². The summed E-state index contributed by atoms with van der Waals surface area (Å²) in [6.07, 6.45) is 11.6. The predicted octanol–water partition coefficient (Wildman–Crippen LogP) is 5.51. The molecule has 0 spiro atoms. The van der Waals surface area contributed by atoms with Gasteiger partial charge in [0.25, 0.3) is 0 Å². The highest BCUT2D eigenvalue weighted by atomic mass is 16.5. The Bertz CT molecular complexity index is 458. The molecule has 0 saturated carbocycles. The molecule has 1 aromatic rings. The third-order valence-corrected chi connectivity index (χ3v) is 3.25. The van der Waals surface area contributed by atoms with E-state index in [4.69, 9.17) is 4.74 Å². The minimum atomic E-state index is -0.222. The van der Waals surface area contributed by atoms with Gasteiger partial charge in [0.1, 0.15) is 0 Å². The molecule has 0 N–H and O–H groups in total. The summed E-state index contributed by atoms with van der Waals surface area (Å²) in [5.74, 6) is -0.222. The van der Waals surface area contributed by atoms with Crippen molar-refractivity contribution in [1.82, 2.24) is 0 Å². The lowest BCUT2D eigenvalue weighted by molar-refractivity contribution is -0.133. The first kappa shape index (κ1) is 17.2. The van der Waals surface area contributed by atoms with Crippen LogP contribution in [0.5, 0.6) is 0 Å². The van der Waals surface area contributed by atoms with Crippen LogP contribution in [0.25, 0.3) is 6.08 Å². The minimum absolute atomic E-state index is 0.222. The van der Waals surface area contributed by atoms with Gasteiger partial charge in [-0.25, -0.2) is 4.79 Å². The van der Waals surface area contributed by atoms with Gasteiger partial charge in [0.05, 0.1) is 6.26 Å². The van der Waals surface area contributed by atoms with Crippen LogP contribution in [0.1, 0.15) is 57.9 Å². The molecule has 0 bridgehead atoms. The van der Waals surface area contributed by atoms with Gasteiger partial charge in [-0.1, -0.05) is 69.5 Å². The Hall–Kier alpha value is -1.83. The summed E-state index contributed by atoms with van der Waals surface area (Å²) in [7, 11) is 0. The van der Waals surface area contributed by atoms with E-state index in [1.165, 1.54) is 25.5 Å². The Morgan fingerprint density at radius 3 is 2.52 bits per heavy atom. The van der Waals surface area contributed by atoms with Gasteiger partial charge < -0.3 is 4.74 Å². The molecule has 0 atom stereocenters. The van der Waals surface area contributed by atoms with Crippen LogP contribution in [0.4, 0.5) is 0 Å². The lowest BCUT2D eigenvalue weighted by Crippen LogP contribution is -2.04. The van der Waals surface area contributed by atoms with Crippen molar-refractivity contribution >= 4 is 12.0 Å². The standard InChI is InChI=1S/C19H26O2/c1-3-5-6-10-14-18(11-4-2)19(20)21-16-15-17-12-8-7-9-13-17/h7-9,11-13,15-16H,3-6,10,14H2,1-2H3. The maximum Gasteiger partial charge on any atom is 0.338 e. The number of ether oxygens (including phenoxy) is 1. The highest BCUT2D eigenvalue weighted by Gasteiger charge is 2.08. The fourth-order valence-corrected chi connectivity index (χ4v) is 2.09. The molecule has 0 aromatic heterocycles. The van der Waals surface area contributed by atoms with E-state index in [0.717, 1.165) is 30.4 Å². The van der Waals surface area contributed by atoms with Crippen molar-refractivity contribution in [3.63, 3.8) is 0 Å². The van der Waals surface area contributed by atoms with Crippen LogP contribution in [0.2, 0.25) is 0 Å². The lowest BCUT2D eigenvalue weighted by atomic mass is 10.1. The Labute approximate surface area is 128 Å². The summed E-state index contributed by atoms with van der Waals surface area (Å²) in [5.41, 5.74) is 1.82. The van der Waals surface area contributed by atoms with E-state index >= 15 is 0 Å². The summed E-state index contributed by atoms with van der Waals surface area (Å²) in [6.45, 7) is 4.23. The number of carbonyl (C=O) groups is 1. The van der Waals surface area contributed by atoms with Crippen molar-refractivity contribution in [1.29, 1.82) is 0 Å². The molecular formula is C19H26O2. The van der Waals surface area contributed by atoms with Crippen LogP contribution < -0.4 is 0 Å². The highest BCUT2D eigenvalue weighted by molar-refractivity contribution is 5.89. The number of carbonyl (C=O) groups excluding carboxylic acids is 1. The third kappa shape index (κ3) is 7.50. The summed E-state index contributed by atoms with van der Waals surface area (Å²) >= 11 is 0. The van der Waals surface area contributed by atoms with E-state index in [9.17, 15) is 4.79 Å². The molecule has 1 aromatic carbocycles. The first-order valence-corrected chi connectivity index (χ1v) is 7.89. The predicted molar refractivity (Wildman–Crippen MR) is 88.7 cm³/mol. The number of unbranched alkanes of at least 4 members (excludes halogenated alkanes) is 3. The van der Waals surface area contributed by atoms with Crippen molar-refractivity contribution in [2.75, 3.05) is 0 Å². The van der Waals surface area contributed by atoms with Gasteiger partial charge in [0.2, 0.25) is 0 Å². The Morgan fingerprint density at radius 1 is 1.10 bits per heavy atom. The van der Waals surface area contributed by atoms with Crippen molar-refractivity contribution in [3.8, 4) is 0 Å². The zero-order valence-electron chi connectivity index (χ0n) is 13.2. The summed E-state index contributed by atoms with van der Waals surface area (Å²) in [6, 6.07) is 9.81. The lowest BCUT2D eigenvalue weighted by Gasteiger charge is -2.05. The zero-order valence-corrected chi connectivity index (χ0v) is 13.2. The molecule has 0 amide bonds. The van der Waals surface area contributed by atoms with Crippen molar-refractivity contribution < 1.29 is 9.53 Å². The number of allylic oxidation sites excluding steroid dienone is 1. The van der Waals surface area contributed by atoms with Gasteiger partial charge in [-0.2, -0.15) is 0 Å². The van der Waals surface area contributed by atoms with Crippen LogP contribution >= 0.6 is 0 Å². The van der Waals surface area contributed by atoms with Crippen LogP contribution in [-0.2, 0) is 9.53 Å². The second kappa shape index (κ2) is 10.9. The third-order valence-electron chi connectivity index (χ3n) is 3.25. The molecule has 114 valence electrons. The summed E-state index contributed by atoms with van der Waals surface area (Å²) < 4.78 is 5.23. The first-order chi connectivity index (χ1) is 10.3. The molecule has 0 unspecified atom stereocenters. The molecule has 0 heterocycles. The largest absolute Gasteiger partial charge is 0.431 e. The van der Waals surface area contributed by atoms with Gasteiger partial charge in [-0.15, -0.1) is 0 Å². The van der Waals surface area contributed by atoms with E-state index in [1.54, 1.807) is 6.08 Å². The van der Waals surface area contributed by atoms with E-state index in [1.807, 2.05) is 43.3 Å². The van der Waals surface area contributed by atoms with Crippen molar-refractivity contribution in [2.45, 2.75) is 52.4 Å². The fraction of sp³-hybridized carbons (Fsp3) is 0.421. The minimum Gasteiger partial charge on any atom is -0.431 e. The average Bonchev–Trinajstić information content (AvgIpc) is 2.51. The summed E-state index contributed by atoms with van der Waals surface area (Å²) in [4.78, 5) is 12.0. The molecule has 0 aliphatic rings. The van der Waals surface area contributed by atoms with E-state index in [2.05, 4.69) is 6.92 Å². The maximum absolute atomic E-state index is 12.0. The smallest absolute Gasteiger partial charge is 0.338 e. The Morgan fingerprint density at radius 2 is 1.86 bits per heavy atom. The second-order valence-electron chi connectivity index (χ2n) is 5.07. The molecule has 0 aliphatic carbocycles. The highest BCUT2D eigenvalue weighted by Crippen LogP contribution is 2.13. The van der Waals surface area contributed by atoms with E-state index in [-0.39, 0.29) is 5.97 Å². The molecule has 0 fully saturated rings. The Balaban J connectivity index is 2.45. The topological polar surface area (TPSA) is 26.3 Å². The van der Waals surface area contributed by atoms with Gasteiger partial charge in [-0.05, 0) is 30.9 Å². The number of hydrogen-bond donors (Lipinski definition) is 0. The van der Waals surface area contributed by atoms with E-state index in [0.29, 0.717) is 0 Å². The first-order valence-electron chi connectivity index (χ1n) is 7.89. The SMILES string of the molecule is CCC=C(CCCCCC)C(=O)OC=Cc1ccccc1. The summed E-state index contributed by atoms with van der Waals surface area (Å²) in [5, 5.41) is 0. The monoisotopic (exact) mass is 286 g/mol. The zero-order chi connectivity index (χ0) is 15.3. The van der Waals surface area contributed by atoms with Gasteiger partial charge in [0.15, 0.2) is 0 Å². The number of rotatable bonds is 9. The van der Waals surface area contributed by atoms with Gasteiger partial charge >= 0.3 is 5.97 Å². The average molecular weight is 286 g/mol. The molecule has 0 radical (unpaired) electrons. The van der Waals surface area contributed by atoms with Crippen LogP contribution in [0.3, 0.4) is 0 Å². The maximum atomic E-state index is 12.0. The molecular weight excluding hydrogens is 260 g/mol. The molecule has 0 saturated heterocycles. The molecule has 2 nitrogen and oxygen atoms in total. The molecule has 2 heteroatoms. The normalized spacial score (nSPS) is 11.8. The van der Waals surface area contributed by atoms with Crippen LogP contribution in [-0.4, -0.2) is 5.97 Å². The van der Waals surface area contributed by atoms with Crippen molar-refractivity contribution in [2.24, 2.45) is 0 Å². The van der Waals surface area contributed by atoms with Crippen molar-refractivity contribution in [3.05, 3.63) is 53.8 Å². The quantitative estimate of drug-likeness (QED) is 0.259. The molecule has 21 heavy (non-hydrogen) atoms. The van der Waals surface area contributed by atoms with Gasteiger partial charge in [0, 0.05) is 5.57 Å². The molecule has 1 rings (SSSR count). The fourth-order valence-electron chi connectivity index (χ4n) is 2.09. The Kier molecular flexibility index (Phi) is 8.94. The second-order valence-corrected chi connectivity index (χ2v) is 5.07.